The molecule has 5 nitrogen and oxygen atoms in total. The first-order chi connectivity index (χ1) is 11.6. The van der Waals surface area contributed by atoms with Crippen molar-refractivity contribution in [1.82, 2.24) is 16.0 Å². The lowest BCUT2D eigenvalue weighted by atomic mass is 10.1. The van der Waals surface area contributed by atoms with E-state index >= 15 is 0 Å². The molecule has 1 aromatic carbocycles. The smallest absolute Gasteiger partial charge is 0.220 e. The summed E-state index contributed by atoms with van der Waals surface area (Å²) in [4.78, 5) is 16.3. The minimum atomic E-state index is 0.163. The number of carbonyl (C=O) groups is 1. The zero-order chi connectivity index (χ0) is 17.4. The van der Waals surface area contributed by atoms with Crippen molar-refractivity contribution >= 4 is 11.9 Å². The molecule has 0 unspecified atom stereocenters. The minimum Gasteiger partial charge on any atom is -0.357 e. The molecule has 24 heavy (non-hydrogen) atoms. The van der Waals surface area contributed by atoms with E-state index in [0.717, 1.165) is 38.3 Å². The van der Waals surface area contributed by atoms with Crippen molar-refractivity contribution in [1.29, 1.82) is 0 Å². The van der Waals surface area contributed by atoms with Crippen LogP contribution in [0.4, 0.5) is 0 Å². The van der Waals surface area contributed by atoms with Crippen LogP contribution in [0.2, 0.25) is 0 Å². The van der Waals surface area contributed by atoms with E-state index in [4.69, 9.17) is 0 Å². The Morgan fingerprint density at radius 2 is 2.04 bits per heavy atom. The molecule has 0 aliphatic heterocycles. The van der Waals surface area contributed by atoms with Crippen LogP contribution in [0.25, 0.3) is 0 Å². The Bertz CT molecular complexity index is 579. The fourth-order valence-corrected chi connectivity index (χ4v) is 2.51. The molecule has 0 spiro atoms. The van der Waals surface area contributed by atoms with Gasteiger partial charge in [-0.1, -0.05) is 23.8 Å². The summed E-state index contributed by atoms with van der Waals surface area (Å²) in [5.74, 6) is 0.969. The monoisotopic (exact) mass is 330 g/mol. The quantitative estimate of drug-likeness (QED) is 0.390. The number of hydrogen-bond donors (Lipinski definition) is 3. The van der Waals surface area contributed by atoms with E-state index < -0.39 is 0 Å². The van der Waals surface area contributed by atoms with Crippen LogP contribution < -0.4 is 16.0 Å². The van der Waals surface area contributed by atoms with Crippen molar-refractivity contribution in [2.45, 2.75) is 59.0 Å². The first kappa shape index (κ1) is 18.3. The topological polar surface area (TPSA) is 65.5 Å². The fraction of sp³-hybridized carbons (Fsp3) is 0.579. The Hall–Kier alpha value is -2.04. The molecule has 1 fully saturated rings. The van der Waals surface area contributed by atoms with E-state index in [-0.39, 0.29) is 5.91 Å². The highest BCUT2D eigenvalue weighted by molar-refractivity contribution is 5.80. The highest BCUT2D eigenvalue weighted by Gasteiger charge is 2.22. The lowest BCUT2D eigenvalue weighted by Gasteiger charge is -2.12. The number of benzene rings is 1. The average molecular weight is 330 g/mol. The third kappa shape index (κ3) is 6.60. The van der Waals surface area contributed by atoms with Gasteiger partial charge in [0.2, 0.25) is 5.91 Å². The maximum atomic E-state index is 11.7. The van der Waals surface area contributed by atoms with Crippen LogP contribution in [-0.2, 0) is 11.3 Å². The van der Waals surface area contributed by atoms with Crippen molar-refractivity contribution in [3.05, 3.63) is 34.9 Å². The average Bonchev–Trinajstić information content (AvgIpc) is 3.34. The number of guanidine groups is 1. The molecule has 1 amide bonds. The van der Waals surface area contributed by atoms with Crippen LogP contribution in [0.3, 0.4) is 0 Å². The molecule has 0 heterocycles. The number of carbonyl (C=O) groups excluding carboxylic acids is 1. The standard InChI is InChI=1S/C19H30N4O/c1-4-20-19(21-11-5-6-18(24)23-17-9-10-17)22-13-16-8-7-14(2)12-15(16)3/h7-8,12,17H,4-6,9-11,13H2,1-3H3,(H,23,24)(H2,20,21,22). The normalized spacial score (nSPS) is 14.4. The minimum absolute atomic E-state index is 0.163. The van der Waals surface area contributed by atoms with E-state index in [1.54, 1.807) is 0 Å². The number of rotatable bonds is 8. The molecule has 0 aromatic heterocycles. The van der Waals surface area contributed by atoms with Crippen molar-refractivity contribution < 1.29 is 4.79 Å². The molecular formula is C19H30N4O. The highest BCUT2D eigenvalue weighted by Crippen LogP contribution is 2.18. The van der Waals surface area contributed by atoms with E-state index in [1.165, 1.54) is 16.7 Å². The summed E-state index contributed by atoms with van der Waals surface area (Å²) in [6, 6.07) is 6.89. The molecule has 1 aliphatic carbocycles. The van der Waals surface area contributed by atoms with Crippen LogP contribution in [0, 0.1) is 13.8 Å². The third-order valence-corrected chi connectivity index (χ3v) is 4.07. The van der Waals surface area contributed by atoms with Crippen molar-refractivity contribution in [2.75, 3.05) is 13.1 Å². The van der Waals surface area contributed by atoms with E-state index in [1.807, 2.05) is 0 Å². The SMILES string of the molecule is CCNC(=NCc1ccc(C)cc1C)NCCCC(=O)NC1CC1. The van der Waals surface area contributed by atoms with Crippen LogP contribution in [0.1, 0.15) is 49.3 Å². The molecule has 0 atom stereocenters. The lowest BCUT2D eigenvalue weighted by molar-refractivity contribution is -0.121. The fourth-order valence-electron chi connectivity index (χ4n) is 2.51. The number of aryl methyl sites for hydroxylation is 2. The summed E-state index contributed by atoms with van der Waals surface area (Å²) in [7, 11) is 0. The van der Waals surface area contributed by atoms with E-state index in [0.29, 0.717) is 19.0 Å². The maximum Gasteiger partial charge on any atom is 0.220 e. The summed E-state index contributed by atoms with van der Waals surface area (Å²) >= 11 is 0. The number of hydrogen-bond acceptors (Lipinski definition) is 2. The zero-order valence-corrected chi connectivity index (χ0v) is 15.1. The summed E-state index contributed by atoms with van der Waals surface area (Å²) < 4.78 is 0. The number of nitrogens with one attached hydrogen (secondary N) is 3. The zero-order valence-electron chi connectivity index (χ0n) is 15.1. The van der Waals surface area contributed by atoms with Gasteiger partial charge in [-0.3, -0.25) is 4.79 Å². The number of amides is 1. The van der Waals surface area contributed by atoms with Crippen LogP contribution in [0.5, 0.6) is 0 Å². The van der Waals surface area contributed by atoms with Gasteiger partial charge < -0.3 is 16.0 Å². The third-order valence-electron chi connectivity index (χ3n) is 4.07. The summed E-state index contributed by atoms with van der Waals surface area (Å²) in [5.41, 5.74) is 3.78. The van der Waals surface area contributed by atoms with Gasteiger partial charge in [0.15, 0.2) is 5.96 Å². The van der Waals surface area contributed by atoms with Crippen molar-refractivity contribution in [2.24, 2.45) is 4.99 Å². The van der Waals surface area contributed by atoms with Crippen molar-refractivity contribution in [3.8, 4) is 0 Å². The summed E-state index contributed by atoms with van der Waals surface area (Å²) in [6.45, 7) is 8.50. The molecule has 1 aromatic rings. The predicted octanol–water partition coefficient (Wildman–Crippen LogP) is 2.42. The second-order valence-corrected chi connectivity index (χ2v) is 6.50. The van der Waals surface area contributed by atoms with Crippen LogP contribution in [-0.4, -0.2) is 31.0 Å². The van der Waals surface area contributed by atoms with Gasteiger partial charge in [0.1, 0.15) is 0 Å². The van der Waals surface area contributed by atoms with Gasteiger partial charge in [0.05, 0.1) is 6.54 Å². The number of aliphatic imine (C=N–C) groups is 1. The van der Waals surface area contributed by atoms with Gasteiger partial charge in [-0.2, -0.15) is 0 Å². The van der Waals surface area contributed by atoms with Gasteiger partial charge in [0.25, 0.3) is 0 Å². The molecule has 5 heteroatoms. The Balaban J connectivity index is 1.76. The van der Waals surface area contributed by atoms with E-state index in [9.17, 15) is 4.79 Å². The second kappa shape index (κ2) is 9.30. The van der Waals surface area contributed by atoms with Gasteiger partial charge in [-0.05, 0) is 51.2 Å². The molecule has 1 saturated carbocycles. The Labute approximate surface area is 145 Å². The Kier molecular flexibility index (Phi) is 7.09. The van der Waals surface area contributed by atoms with Gasteiger partial charge in [-0.25, -0.2) is 4.99 Å². The molecule has 3 N–H and O–H groups in total. The molecule has 132 valence electrons. The van der Waals surface area contributed by atoms with Crippen LogP contribution >= 0.6 is 0 Å². The lowest BCUT2D eigenvalue weighted by Crippen LogP contribution is -2.38. The molecule has 0 saturated heterocycles. The molecular weight excluding hydrogens is 300 g/mol. The number of nitrogens with zero attached hydrogens (tertiary/aromatic N) is 1. The largest absolute Gasteiger partial charge is 0.357 e. The predicted molar refractivity (Wildman–Crippen MR) is 99.1 cm³/mol. The van der Waals surface area contributed by atoms with Crippen LogP contribution in [0.15, 0.2) is 23.2 Å². The Morgan fingerprint density at radius 1 is 1.25 bits per heavy atom. The second-order valence-electron chi connectivity index (χ2n) is 6.50. The molecule has 2 rings (SSSR count). The molecule has 0 bridgehead atoms. The Morgan fingerprint density at radius 3 is 2.71 bits per heavy atom. The molecule has 1 aliphatic rings. The van der Waals surface area contributed by atoms with Gasteiger partial charge >= 0.3 is 0 Å². The van der Waals surface area contributed by atoms with Gasteiger partial charge in [0, 0.05) is 25.6 Å². The highest BCUT2D eigenvalue weighted by atomic mass is 16.1. The summed E-state index contributed by atoms with van der Waals surface area (Å²) in [5, 5.41) is 9.57. The van der Waals surface area contributed by atoms with Crippen molar-refractivity contribution in [3.63, 3.8) is 0 Å². The maximum absolute atomic E-state index is 11.7. The van der Waals surface area contributed by atoms with E-state index in [2.05, 4.69) is 59.9 Å². The summed E-state index contributed by atoms with van der Waals surface area (Å²) in [6.07, 6.45) is 3.66. The first-order valence-corrected chi connectivity index (χ1v) is 8.96. The molecule has 0 radical (unpaired) electrons. The first-order valence-electron chi connectivity index (χ1n) is 8.96. The van der Waals surface area contributed by atoms with Gasteiger partial charge in [-0.15, -0.1) is 0 Å².